The summed E-state index contributed by atoms with van der Waals surface area (Å²) in [5, 5.41) is 5.61. The van der Waals surface area contributed by atoms with E-state index in [1.165, 1.54) is 49.5 Å². The summed E-state index contributed by atoms with van der Waals surface area (Å²) < 4.78 is 74.0. The maximum absolute atomic E-state index is 14.8. The highest BCUT2D eigenvalue weighted by Gasteiger charge is 2.57. The Bertz CT molecular complexity index is 1680. The largest absolute Gasteiger partial charge is 0.437 e. The summed E-state index contributed by atoms with van der Waals surface area (Å²) >= 11 is 0. The Morgan fingerprint density at radius 2 is 1.68 bits per heavy atom. The van der Waals surface area contributed by atoms with E-state index in [9.17, 15) is 31.5 Å². The summed E-state index contributed by atoms with van der Waals surface area (Å²) in [5.41, 5.74) is 0.219. The molecule has 0 aliphatic heterocycles. The van der Waals surface area contributed by atoms with Crippen LogP contribution in [0.4, 0.5) is 22.0 Å². The number of nitrogens with zero attached hydrogens (tertiary/aromatic N) is 1. The Balaban J connectivity index is 1.50. The van der Waals surface area contributed by atoms with E-state index in [1.807, 2.05) is 0 Å². The van der Waals surface area contributed by atoms with E-state index in [-0.39, 0.29) is 50.3 Å². The van der Waals surface area contributed by atoms with Gasteiger partial charge in [-0.3, -0.25) is 9.59 Å². The van der Waals surface area contributed by atoms with Crippen molar-refractivity contribution in [1.29, 1.82) is 0 Å². The number of carbonyl (C=O) groups is 2. The Morgan fingerprint density at radius 1 is 1.00 bits per heavy atom. The number of halogens is 5. The molecule has 7 rings (SSSR count). The van der Waals surface area contributed by atoms with Gasteiger partial charge in [-0.2, -0.15) is 13.2 Å². The lowest BCUT2D eigenvalue weighted by Crippen LogP contribution is -2.68. The molecule has 0 unspecified atom stereocenters. The second-order valence-corrected chi connectivity index (χ2v) is 10.8. The highest BCUT2D eigenvalue weighted by atomic mass is 19.4. The van der Waals surface area contributed by atoms with Crippen LogP contribution >= 0.6 is 0 Å². The monoisotopic (exact) mass is 569 g/mol. The van der Waals surface area contributed by atoms with Crippen molar-refractivity contribution < 1.29 is 36.0 Å². The number of carbonyl (C=O) groups excluding carboxylic acids is 2. The van der Waals surface area contributed by atoms with Crippen LogP contribution in [0.5, 0.6) is 0 Å². The molecule has 0 atom stereocenters. The molecule has 3 fully saturated rings. The lowest BCUT2D eigenvalue weighted by atomic mass is 9.50. The topological polar surface area (TPSA) is 84.2 Å². The molecule has 4 aromatic rings. The van der Waals surface area contributed by atoms with Crippen LogP contribution in [0.2, 0.25) is 0 Å². The number of pyridine rings is 1. The summed E-state index contributed by atoms with van der Waals surface area (Å²) in [7, 11) is 1.40. The van der Waals surface area contributed by atoms with Gasteiger partial charge >= 0.3 is 6.18 Å². The Labute approximate surface area is 230 Å². The van der Waals surface area contributed by atoms with Crippen LogP contribution in [-0.4, -0.2) is 35.6 Å². The quantitative estimate of drug-likeness (QED) is 0.247. The van der Waals surface area contributed by atoms with Crippen LogP contribution in [0.1, 0.15) is 52.1 Å². The summed E-state index contributed by atoms with van der Waals surface area (Å²) in [5.74, 6) is -1.78. The van der Waals surface area contributed by atoms with Crippen LogP contribution in [-0.2, 0) is 6.42 Å². The van der Waals surface area contributed by atoms with Crippen molar-refractivity contribution >= 4 is 22.9 Å². The summed E-state index contributed by atoms with van der Waals surface area (Å²) in [6.07, 6.45) is -3.66. The highest BCUT2D eigenvalue weighted by Crippen LogP contribution is 2.57. The van der Waals surface area contributed by atoms with Crippen LogP contribution in [0.15, 0.2) is 52.9 Å². The van der Waals surface area contributed by atoms with Crippen molar-refractivity contribution in [3.05, 3.63) is 77.0 Å². The second kappa shape index (κ2) is 9.67. The Hall–Kier alpha value is -4.28. The van der Waals surface area contributed by atoms with E-state index in [4.69, 9.17) is 4.42 Å². The summed E-state index contributed by atoms with van der Waals surface area (Å²) in [6, 6.07) is 10.4. The first-order valence-corrected chi connectivity index (χ1v) is 13.1. The number of hydrogen-bond donors (Lipinski definition) is 2. The van der Waals surface area contributed by atoms with Gasteiger partial charge in [-0.25, -0.2) is 13.8 Å². The number of hydrogen-bond acceptors (Lipinski definition) is 4. The SMILES string of the molecule is CNC(=O)c1c(-c2ccc(F)cc2)oc2nc(CCC(F)(F)F)c(-c3ccc(F)c(C(=O)NC45CC(C4)C5)c3)cc12. The molecular weight excluding hydrogens is 545 g/mol. The molecular formula is C30H24F5N3O3. The number of fused-ring (bicyclic) bond motifs is 1. The van der Waals surface area contributed by atoms with Gasteiger partial charge in [-0.15, -0.1) is 0 Å². The fourth-order valence-corrected chi connectivity index (χ4v) is 5.72. The van der Waals surface area contributed by atoms with Gasteiger partial charge in [0.25, 0.3) is 11.8 Å². The van der Waals surface area contributed by atoms with Crippen LogP contribution in [0, 0.1) is 17.6 Å². The predicted octanol–water partition coefficient (Wildman–Crippen LogP) is 6.58. The number of aryl methyl sites for hydroxylation is 1. The molecule has 2 amide bonds. The number of furan rings is 1. The standard InChI is InChI=1S/C30H24F5N3O3/c1-36-27(40)24-21-11-19(17-4-7-22(32)20(10-17)26(39)38-29-12-15(13-29)14-29)23(8-9-30(33,34)35)37-28(21)41-25(24)16-2-5-18(31)6-3-16/h2-7,10-11,15H,8-9,12-14H2,1H3,(H,36,40)(H,38,39). The molecule has 212 valence electrons. The Morgan fingerprint density at radius 3 is 2.29 bits per heavy atom. The van der Waals surface area contributed by atoms with Crippen molar-refractivity contribution in [2.45, 2.75) is 43.8 Å². The molecule has 0 spiro atoms. The molecule has 0 saturated heterocycles. The lowest BCUT2D eigenvalue weighted by Gasteiger charge is -2.61. The average molecular weight is 570 g/mol. The van der Waals surface area contributed by atoms with E-state index in [0.29, 0.717) is 11.5 Å². The fourth-order valence-electron chi connectivity index (χ4n) is 5.72. The zero-order valence-corrected chi connectivity index (χ0v) is 21.8. The average Bonchev–Trinajstić information content (AvgIpc) is 3.26. The molecule has 3 saturated carbocycles. The molecule has 11 heteroatoms. The van der Waals surface area contributed by atoms with Gasteiger partial charge in [0.05, 0.1) is 22.2 Å². The van der Waals surface area contributed by atoms with Gasteiger partial charge in [0.2, 0.25) is 5.71 Å². The molecule has 2 N–H and O–H groups in total. The van der Waals surface area contributed by atoms with E-state index < -0.39 is 42.5 Å². The van der Waals surface area contributed by atoms with Crippen molar-refractivity contribution in [2.24, 2.45) is 5.92 Å². The van der Waals surface area contributed by atoms with E-state index in [0.717, 1.165) is 25.3 Å². The molecule has 6 nitrogen and oxygen atoms in total. The van der Waals surface area contributed by atoms with E-state index >= 15 is 0 Å². The van der Waals surface area contributed by atoms with Crippen molar-refractivity contribution in [3.8, 4) is 22.5 Å². The Kier molecular flexibility index (Phi) is 6.35. The maximum atomic E-state index is 14.8. The molecule has 2 aromatic carbocycles. The highest BCUT2D eigenvalue weighted by molar-refractivity contribution is 6.11. The molecule has 3 aliphatic carbocycles. The minimum atomic E-state index is -4.49. The normalized spacial score (nSPS) is 19.4. The number of aromatic nitrogens is 1. The first-order valence-electron chi connectivity index (χ1n) is 13.1. The van der Waals surface area contributed by atoms with Crippen LogP contribution in [0.25, 0.3) is 33.6 Å². The van der Waals surface area contributed by atoms with Crippen molar-refractivity contribution in [3.63, 3.8) is 0 Å². The molecule has 3 aliphatic rings. The third kappa shape index (κ3) is 4.93. The third-order valence-electron chi connectivity index (χ3n) is 7.91. The minimum Gasteiger partial charge on any atom is -0.437 e. The van der Waals surface area contributed by atoms with Gasteiger partial charge in [0, 0.05) is 30.1 Å². The summed E-state index contributed by atoms with van der Waals surface area (Å²) in [6.45, 7) is 0. The zero-order chi connectivity index (χ0) is 29.1. The van der Waals surface area contributed by atoms with Gasteiger partial charge in [-0.05, 0) is 79.6 Å². The molecule has 2 bridgehead atoms. The molecule has 2 aromatic heterocycles. The van der Waals surface area contributed by atoms with Gasteiger partial charge in [0.15, 0.2) is 0 Å². The summed E-state index contributed by atoms with van der Waals surface area (Å²) in [4.78, 5) is 30.3. The van der Waals surface area contributed by atoms with Crippen LogP contribution < -0.4 is 10.6 Å². The number of rotatable bonds is 7. The predicted molar refractivity (Wildman–Crippen MR) is 140 cm³/mol. The van der Waals surface area contributed by atoms with E-state index in [2.05, 4.69) is 15.6 Å². The third-order valence-corrected chi connectivity index (χ3v) is 7.91. The number of alkyl halides is 3. The molecule has 2 heterocycles. The first-order chi connectivity index (χ1) is 19.4. The van der Waals surface area contributed by atoms with Crippen molar-refractivity contribution in [1.82, 2.24) is 15.6 Å². The van der Waals surface area contributed by atoms with Crippen molar-refractivity contribution in [2.75, 3.05) is 7.05 Å². The fraction of sp³-hybridized carbons (Fsp3) is 0.300. The van der Waals surface area contributed by atoms with E-state index in [1.54, 1.807) is 0 Å². The molecule has 41 heavy (non-hydrogen) atoms. The molecule has 0 radical (unpaired) electrons. The van der Waals surface area contributed by atoms with Crippen LogP contribution in [0.3, 0.4) is 0 Å². The number of nitrogens with one attached hydrogen (secondary N) is 2. The second-order valence-electron chi connectivity index (χ2n) is 10.8. The number of benzene rings is 2. The smallest absolute Gasteiger partial charge is 0.389 e. The number of amides is 2. The lowest BCUT2D eigenvalue weighted by molar-refractivity contribution is -0.134. The first kappa shape index (κ1) is 26.9. The van der Waals surface area contributed by atoms with Gasteiger partial charge in [-0.1, -0.05) is 6.07 Å². The maximum Gasteiger partial charge on any atom is 0.389 e. The van der Waals surface area contributed by atoms with Gasteiger partial charge < -0.3 is 15.1 Å². The minimum absolute atomic E-state index is 0.00456. The van der Waals surface area contributed by atoms with Gasteiger partial charge in [0.1, 0.15) is 17.4 Å². The zero-order valence-electron chi connectivity index (χ0n) is 21.8.